The molecule has 8 heteroatoms. The molecule has 0 aliphatic carbocycles. The van der Waals surface area contributed by atoms with Crippen LogP contribution in [0.3, 0.4) is 0 Å². The molecule has 1 amide bonds. The van der Waals surface area contributed by atoms with E-state index in [-0.39, 0.29) is 12.0 Å². The van der Waals surface area contributed by atoms with Crippen molar-refractivity contribution < 1.29 is 9.53 Å². The Hall–Kier alpha value is -2.32. The van der Waals surface area contributed by atoms with Crippen LogP contribution in [0.5, 0.6) is 5.75 Å². The van der Waals surface area contributed by atoms with Crippen LogP contribution in [-0.4, -0.2) is 59.3 Å². The van der Waals surface area contributed by atoms with E-state index in [2.05, 4.69) is 27.9 Å². The van der Waals surface area contributed by atoms with E-state index in [0.717, 1.165) is 39.8 Å². The molecule has 6 nitrogen and oxygen atoms in total. The van der Waals surface area contributed by atoms with Gasteiger partial charge in [-0.25, -0.2) is 9.97 Å². The van der Waals surface area contributed by atoms with E-state index >= 15 is 0 Å². The Bertz CT molecular complexity index is 978. The second-order valence-electron chi connectivity index (χ2n) is 6.63. The molecule has 0 fully saturated rings. The molecule has 1 aromatic carbocycles. The van der Waals surface area contributed by atoms with Gasteiger partial charge in [0.25, 0.3) is 0 Å². The first-order valence-corrected chi connectivity index (χ1v) is 11.1. The lowest BCUT2D eigenvalue weighted by molar-refractivity contribution is -0.128. The number of ether oxygens (including phenoxy) is 1. The number of rotatable bonds is 6. The van der Waals surface area contributed by atoms with E-state index < -0.39 is 0 Å². The van der Waals surface area contributed by atoms with Gasteiger partial charge in [-0.3, -0.25) is 4.79 Å². The van der Waals surface area contributed by atoms with E-state index in [1.54, 1.807) is 22.6 Å². The first-order chi connectivity index (χ1) is 13.7. The summed E-state index contributed by atoms with van der Waals surface area (Å²) in [5.41, 5.74) is 1.12. The molecule has 0 unspecified atom stereocenters. The molecule has 4 rings (SSSR count). The predicted octanol–water partition coefficient (Wildman–Crippen LogP) is 3.53. The molecule has 1 aliphatic rings. The van der Waals surface area contributed by atoms with Crippen LogP contribution in [-0.2, 0) is 4.79 Å². The summed E-state index contributed by atoms with van der Waals surface area (Å²) in [7, 11) is 1.84. The summed E-state index contributed by atoms with van der Waals surface area (Å²) in [6.07, 6.45) is 1.51. The lowest BCUT2D eigenvalue weighted by Crippen LogP contribution is -2.47. The number of para-hydroxylation sites is 2. The zero-order valence-electron chi connectivity index (χ0n) is 15.9. The molecule has 0 radical (unpaired) electrons. The quantitative estimate of drug-likeness (QED) is 0.454. The molecular weight excluding hydrogens is 392 g/mol. The summed E-state index contributed by atoms with van der Waals surface area (Å²) in [4.78, 5) is 26.2. The van der Waals surface area contributed by atoms with Crippen LogP contribution < -0.4 is 9.64 Å². The van der Waals surface area contributed by atoms with Crippen molar-refractivity contribution in [2.24, 2.45) is 0 Å². The zero-order chi connectivity index (χ0) is 19.5. The average Bonchev–Trinajstić information content (AvgIpc) is 3.20. The monoisotopic (exact) mass is 414 g/mol. The van der Waals surface area contributed by atoms with Gasteiger partial charge in [0, 0.05) is 19.0 Å². The number of thioether (sulfide) groups is 1. The molecule has 0 bridgehead atoms. The maximum Gasteiger partial charge on any atom is 0.232 e. The van der Waals surface area contributed by atoms with Gasteiger partial charge in [0.1, 0.15) is 28.0 Å². The number of nitrogens with zero attached hydrogens (tertiary/aromatic N) is 4. The van der Waals surface area contributed by atoms with Crippen LogP contribution in [0.1, 0.15) is 6.92 Å². The first kappa shape index (κ1) is 19.0. The van der Waals surface area contributed by atoms with Crippen LogP contribution >= 0.6 is 23.1 Å². The lowest BCUT2D eigenvalue weighted by Gasteiger charge is -2.37. The van der Waals surface area contributed by atoms with Gasteiger partial charge in [0.2, 0.25) is 5.91 Å². The molecular formula is C20H22N4O2S2. The molecule has 28 heavy (non-hydrogen) atoms. The van der Waals surface area contributed by atoms with Crippen molar-refractivity contribution in [3.05, 3.63) is 42.0 Å². The van der Waals surface area contributed by atoms with E-state index in [4.69, 9.17) is 4.74 Å². The maximum atomic E-state index is 12.7. The maximum absolute atomic E-state index is 12.7. The van der Waals surface area contributed by atoms with E-state index in [9.17, 15) is 4.79 Å². The van der Waals surface area contributed by atoms with Gasteiger partial charge < -0.3 is 14.5 Å². The Morgan fingerprint density at radius 2 is 2.21 bits per heavy atom. The normalized spacial score (nSPS) is 15.9. The Labute approximate surface area is 172 Å². The number of amides is 1. The number of benzene rings is 1. The lowest BCUT2D eigenvalue weighted by atomic mass is 10.2. The Morgan fingerprint density at radius 3 is 3.07 bits per heavy atom. The van der Waals surface area contributed by atoms with E-state index in [1.807, 2.05) is 36.7 Å². The molecule has 2 aromatic heterocycles. The third-order valence-electron chi connectivity index (χ3n) is 4.77. The van der Waals surface area contributed by atoms with Gasteiger partial charge >= 0.3 is 0 Å². The number of hydrogen-bond acceptors (Lipinski definition) is 7. The standard InChI is InChI=1S/C20H22N4O2S2/c1-3-24-11-14(26-17-7-5-4-6-16(17)24)10-23(2)18(25)12-28-20-15-8-9-27-19(15)21-13-22-20/h4-9,13-14H,3,10-12H2,1-2H3/t14-/m0/s1. The molecule has 1 aliphatic heterocycles. The van der Waals surface area contributed by atoms with Gasteiger partial charge in [-0.1, -0.05) is 23.9 Å². The summed E-state index contributed by atoms with van der Waals surface area (Å²) < 4.78 is 6.13. The molecule has 0 saturated heterocycles. The van der Waals surface area contributed by atoms with Crippen LogP contribution in [0, 0.1) is 0 Å². The van der Waals surface area contributed by atoms with Gasteiger partial charge in [0.05, 0.1) is 24.5 Å². The zero-order valence-corrected chi connectivity index (χ0v) is 17.5. The third kappa shape index (κ3) is 3.93. The fourth-order valence-electron chi connectivity index (χ4n) is 3.30. The van der Waals surface area contributed by atoms with Crippen molar-refractivity contribution in [1.82, 2.24) is 14.9 Å². The number of likely N-dealkylation sites (N-methyl/N-ethyl adjacent to an activating group) is 2. The molecule has 146 valence electrons. The van der Waals surface area contributed by atoms with Crippen molar-refractivity contribution in [1.29, 1.82) is 0 Å². The fraction of sp³-hybridized carbons (Fsp3) is 0.350. The van der Waals surface area contributed by atoms with Crippen LogP contribution in [0.2, 0.25) is 0 Å². The van der Waals surface area contributed by atoms with Crippen LogP contribution in [0.25, 0.3) is 10.2 Å². The minimum Gasteiger partial charge on any atom is -0.485 e. The molecule has 3 aromatic rings. The Kier molecular flexibility index (Phi) is 5.68. The second kappa shape index (κ2) is 8.36. The van der Waals surface area contributed by atoms with E-state index in [1.165, 1.54) is 11.8 Å². The van der Waals surface area contributed by atoms with E-state index in [0.29, 0.717) is 12.3 Å². The topological polar surface area (TPSA) is 58.6 Å². The van der Waals surface area contributed by atoms with Gasteiger partial charge in [0.15, 0.2) is 0 Å². The molecule has 0 saturated carbocycles. The largest absolute Gasteiger partial charge is 0.485 e. The third-order valence-corrected chi connectivity index (χ3v) is 6.58. The smallest absolute Gasteiger partial charge is 0.232 e. The van der Waals surface area contributed by atoms with Gasteiger partial charge in [-0.05, 0) is 30.5 Å². The Balaban J connectivity index is 1.36. The number of anilines is 1. The number of fused-ring (bicyclic) bond motifs is 2. The Morgan fingerprint density at radius 1 is 1.36 bits per heavy atom. The summed E-state index contributed by atoms with van der Waals surface area (Å²) >= 11 is 3.04. The van der Waals surface area contributed by atoms with Gasteiger partial charge in [-0.2, -0.15) is 0 Å². The number of carbonyl (C=O) groups excluding carboxylic acids is 1. The van der Waals surface area contributed by atoms with Crippen LogP contribution in [0.4, 0.5) is 5.69 Å². The minimum atomic E-state index is -0.0450. The summed E-state index contributed by atoms with van der Waals surface area (Å²) in [5, 5.41) is 3.86. The number of carbonyl (C=O) groups is 1. The molecule has 0 spiro atoms. The SMILES string of the molecule is CCN1C[C@H](CN(C)C(=O)CSc2ncnc3sccc23)Oc2ccccc21. The molecule has 3 heterocycles. The fourth-order valence-corrected chi connectivity index (χ4v) is 5.02. The average molecular weight is 415 g/mol. The summed E-state index contributed by atoms with van der Waals surface area (Å²) in [6, 6.07) is 10.1. The predicted molar refractivity (Wildman–Crippen MR) is 115 cm³/mol. The van der Waals surface area contributed by atoms with Crippen LogP contribution in [0.15, 0.2) is 47.1 Å². The highest BCUT2D eigenvalue weighted by atomic mass is 32.2. The number of aromatic nitrogens is 2. The highest BCUT2D eigenvalue weighted by Crippen LogP contribution is 2.33. The minimum absolute atomic E-state index is 0.0450. The van der Waals surface area contributed by atoms with Crippen molar-refractivity contribution >= 4 is 44.9 Å². The number of hydrogen-bond donors (Lipinski definition) is 0. The van der Waals surface area contributed by atoms with Crippen molar-refractivity contribution in [2.45, 2.75) is 18.1 Å². The van der Waals surface area contributed by atoms with Crippen molar-refractivity contribution in [3.63, 3.8) is 0 Å². The molecule has 0 N–H and O–H groups in total. The van der Waals surface area contributed by atoms with Crippen molar-refractivity contribution in [3.8, 4) is 5.75 Å². The second-order valence-corrected chi connectivity index (χ2v) is 8.49. The molecule has 1 atom stereocenters. The van der Waals surface area contributed by atoms with Gasteiger partial charge in [-0.15, -0.1) is 11.3 Å². The summed E-state index contributed by atoms with van der Waals surface area (Å²) in [6.45, 7) is 4.38. The highest BCUT2D eigenvalue weighted by molar-refractivity contribution is 8.00. The number of thiophene rings is 1. The van der Waals surface area contributed by atoms with Crippen molar-refractivity contribution in [2.75, 3.05) is 37.3 Å². The first-order valence-electron chi connectivity index (χ1n) is 9.21. The summed E-state index contributed by atoms with van der Waals surface area (Å²) in [5.74, 6) is 1.30. The highest BCUT2D eigenvalue weighted by Gasteiger charge is 2.26.